The molecular weight excluding hydrogens is 418 g/mol. The maximum atomic E-state index is 13.4. The smallest absolute Gasteiger partial charge is 0.266 e. The van der Waals surface area contributed by atoms with Gasteiger partial charge < -0.3 is 5.32 Å². The number of aromatic nitrogens is 2. The normalized spacial score (nSPS) is 11.0. The fraction of sp³-hybridized carbons (Fsp3) is 0.192. The Morgan fingerprint density at radius 1 is 1.00 bits per heavy atom. The van der Waals surface area contributed by atoms with Crippen LogP contribution in [0.4, 0.5) is 5.69 Å². The Hall–Kier alpha value is -3.38. The Morgan fingerprint density at radius 2 is 1.75 bits per heavy atom. The number of anilines is 1. The largest absolute Gasteiger partial charge is 0.325 e. The summed E-state index contributed by atoms with van der Waals surface area (Å²) in [6, 6.07) is 21.0. The lowest BCUT2D eigenvalue weighted by Gasteiger charge is -2.16. The third kappa shape index (κ3) is 4.46. The SMILES string of the molecule is CCc1ccc(NC(=O)CSc2nc3ccccc3c(=O)n2-c2cccc(C)c2C)cc1. The summed E-state index contributed by atoms with van der Waals surface area (Å²) in [5.41, 5.74) is 5.34. The first-order chi connectivity index (χ1) is 15.5. The standard InChI is InChI=1S/C26H25N3O2S/c1-4-19-12-14-20(15-13-19)27-24(30)16-32-26-28-22-10-6-5-9-21(22)25(31)29(26)23-11-7-8-17(2)18(23)3/h5-15H,4,16H2,1-3H3,(H,27,30). The van der Waals surface area contributed by atoms with E-state index in [9.17, 15) is 9.59 Å². The van der Waals surface area contributed by atoms with E-state index in [2.05, 4.69) is 12.2 Å². The fourth-order valence-electron chi connectivity index (χ4n) is 3.55. The molecule has 0 aliphatic rings. The molecule has 4 aromatic rings. The van der Waals surface area contributed by atoms with Crippen molar-refractivity contribution in [2.45, 2.75) is 32.3 Å². The third-order valence-electron chi connectivity index (χ3n) is 5.54. The van der Waals surface area contributed by atoms with E-state index in [0.717, 1.165) is 28.9 Å². The Bertz CT molecular complexity index is 1340. The lowest BCUT2D eigenvalue weighted by molar-refractivity contribution is -0.113. The van der Waals surface area contributed by atoms with Crippen LogP contribution in [0.2, 0.25) is 0 Å². The van der Waals surface area contributed by atoms with E-state index in [1.165, 1.54) is 17.3 Å². The van der Waals surface area contributed by atoms with E-state index in [0.29, 0.717) is 16.1 Å². The zero-order valence-corrected chi connectivity index (χ0v) is 19.2. The first kappa shape index (κ1) is 21.8. The van der Waals surface area contributed by atoms with Crippen LogP contribution in [0.3, 0.4) is 0 Å². The highest BCUT2D eigenvalue weighted by Crippen LogP contribution is 2.24. The molecule has 4 rings (SSSR count). The van der Waals surface area contributed by atoms with E-state index in [4.69, 9.17) is 4.98 Å². The van der Waals surface area contributed by atoms with Gasteiger partial charge in [0.25, 0.3) is 5.56 Å². The molecule has 1 heterocycles. The maximum Gasteiger partial charge on any atom is 0.266 e. The van der Waals surface area contributed by atoms with Crippen molar-refractivity contribution in [1.29, 1.82) is 0 Å². The Kier molecular flexibility index (Phi) is 6.42. The van der Waals surface area contributed by atoms with Gasteiger partial charge in [0.05, 0.1) is 22.3 Å². The summed E-state index contributed by atoms with van der Waals surface area (Å²) in [5, 5.41) is 3.97. The molecule has 0 saturated heterocycles. The summed E-state index contributed by atoms with van der Waals surface area (Å²) in [6.07, 6.45) is 0.952. The highest BCUT2D eigenvalue weighted by atomic mass is 32.2. The van der Waals surface area contributed by atoms with Crippen LogP contribution in [0, 0.1) is 13.8 Å². The summed E-state index contributed by atoms with van der Waals surface area (Å²) >= 11 is 1.26. The predicted octanol–water partition coefficient (Wildman–Crippen LogP) is 5.30. The number of aryl methyl sites for hydroxylation is 2. The van der Waals surface area contributed by atoms with Crippen molar-refractivity contribution < 1.29 is 4.79 Å². The van der Waals surface area contributed by atoms with Crippen molar-refractivity contribution >= 4 is 34.3 Å². The topological polar surface area (TPSA) is 64.0 Å². The van der Waals surface area contributed by atoms with Crippen LogP contribution in [0.25, 0.3) is 16.6 Å². The molecule has 3 aromatic carbocycles. The molecule has 0 aliphatic heterocycles. The molecule has 32 heavy (non-hydrogen) atoms. The zero-order chi connectivity index (χ0) is 22.7. The van der Waals surface area contributed by atoms with Crippen LogP contribution >= 0.6 is 11.8 Å². The number of amides is 1. The Labute approximate surface area is 191 Å². The first-order valence-corrected chi connectivity index (χ1v) is 11.6. The second kappa shape index (κ2) is 9.40. The lowest BCUT2D eigenvalue weighted by Crippen LogP contribution is -2.23. The number of carbonyl (C=O) groups is 1. The molecule has 0 fully saturated rings. The number of rotatable bonds is 6. The number of nitrogens with one attached hydrogen (secondary N) is 1. The van der Waals surface area contributed by atoms with Crippen LogP contribution in [0.15, 0.2) is 76.7 Å². The van der Waals surface area contributed by atoms with Crippen LogP contribution in [-0.2, 0) is 11.2 Å². The van der Waals surface area contributed by atoms with Crippen molar-refractivity contribution in [2.75, 3.05) is 11.1 Å². The number of hydrogen-bond acceptors (Lipinski definition) is 4. The summed E-state index contributed by atoms with van der Waals surface area (Å²) in [6.45, 7) is 6.10. The molecular formula is C26H25N3O2S. The van der Waals surface area contributed by atoms with E-state index in [1.807, 2.05) is 74.5 Å². The van der Waals surface area contributed by atoms with Gasteiger partial charge in [-0.3, -0.25) is 14.2 Å². The van der Waals surface area contributed by atoms with Crippen molar-refractivity contribution in [2.24, 2.45) is 0 Å². The van der Waals surface area contributed by atoms with Crippen LogP contribution in [0.1, 0.15) is 23.6 Å². The summed E-state index contributed by atoms with van der Waals surface area (Å²) in [4.78, 5) is 30.8. The van der Waals surface area contributed by atoms with Crippen molar-refractivity contribution in [3.63, 3.8) is 0 Å². The Balaban J connectivity index is 1.67. The molecule has 1 aromatic heterocycles. The molecule has 1 N–H and O–H groups in total. The number of benzene rings is 3. The molecule has 0 spiro atoms. The van der Waals surface area contributed by atoms with E-state index < -0.39 is 0 Å². The minimum absolute atomic E-state index is 0.137. The van der Waals surface area contributed by atoms with Crippen molar-refractivity contribution in [3.05, 3.63) is 93.8 Å². The quantitative estimate of drug-likeness (QED) is 0.325. The second-order valence-corrected chi connectivity index (χ2v) is 8.60. The van der Waals surface area contributed by atoms with Gasteiger partial charge in [-0.05, 0) is 67.3 Å². The van der Waals surface area contributed by atoms with Crippen LogP contribution in [-0.4, -0.2) is 21.2 Å². The number of thioether (sulfide) groups is 1. The molecule has 162 valence electrons. The average molecular weight is 444 g/mol. The van der Waals surface area contributed by atoms with Gasteiger partial charge in [0.15, 0.2) is 5.16 Å². The minimum Gasteiger partial charge on any atom is -0.325 e. The predicted molar refractivity (Wildman–Crippen MR) is 132 cm³/mol. The second-order valence-electron chi connectivity index (χ2n) is 7.66. The van der Waals surface area contributed by atoms with Gasteiger partial charge in [-0.2, -0.15) is 0 Å². The number of para-hydroxylation sites is 1. The fourth-order valence-corrected chi connectivity index (χ4v) is 4.36. The average Bonchev–Trinajstić information content (AvgIpc) is 2.80. The highest BCUT2D eigenvalue weighted by molar-refractivity contribution is 7.99. The van der Waals surface area contributed by atoms with Gasteiger partial charge in [0.2, 0.25) is 5.91 Å². The van der Waals surface area contributed by atoms with Crippen LogP contribution in [0.5, 0.6) is 0 Å². The maximum absolute atomic E-state index is 13.4. The van der Waals surface area contributed by atoms with E-state index >= 15 is 0 Å². The van der Waals surface area contributed by atoms with Gasteiger partial charge in [-0.1, -0.05) is 55.1 Å². The van der Waals surface area contributed by atoms with Gasteiger partial charge in [-0.25, -0.2) is 4.98 Å². The summed E-state index contributed by atoms with van der Waals surface area (Å²) in [7, 11) is 0. The molecule has 0 bridgehead atoms. The number of carbonyl (C=O) groups excluding carboxylic acids is 1. The first-order valence-electron chi connectivity index (χ1n) is 10.6. The van der Waals surface area contributed by atoms with Crippen molar-refractivity contribution in [3.8, 4) is 5.69 Å². The third-order valence-corrected chi connectivity index (χ3v) is 6.48. The molecule has 0 atom stereocenters. The molecule has 0 saturated carbocycles. The lowest BCUT2D eigenvalue weighted by atomic mass is 10.1. The molecule has 6 heteroatoms. The van der Waals surface area contributed by atoms with E-state index in [1.54, 1.807) is 10.6 Å². The van der Waals surface area contributed by atoms with Crippen molar-refractivity contribution in [1.82, 2.24) is 9.55 Å². The summed E-state index contributed by atoms with van der Waals surface area (Å²) in [5.74, 6) is -0.000266. The molecule has 5 nitrogen and oxygen atoms in total. The van der Waals surface area contributed by atoms with Gasteiger partial charge in [0.1, 0.15) is 0 Å². The number of hydrogen-bond donors (Lipinski definition) is 1. The zero-order valence-electron chi connectivity index (χ0n) is 18.4. The van der Waals surface area contributed by atoms with Gasteiger partial charge in [-0.15, -0.1) is 0 Å². The highest BCUT2D eigenvalue weighted by Gasteiger charge is 2.16. The molecule has 0 unspecified atom stereocenters. The monoisotopic (exact) mass is 443 g/mol. The molecule has 0 aliphatic carbocycles. The van der Waals surface area contributed by atoms with Gasteiger partial charge in [0, 0.05) is 5.69 Å². The van der Waals surface area contributed by atoms with Crippen LogP contribution < -0.4 is 10.9 Å². The summed E-state index contributed by atoms with van der Waals surface area (Å²) < 4.78 is 1.62. The van der Waals surface area contributed by atoms with Gasteiger partial charge >= 0.3 is 0 Å². The molecule has 0 radical (unpaired) electrons. The number of nitrogens with zero attached hydrogens (tertiary/aromatic N) is 2. The van der Waals surface area contributed by atoms with E-state index in [-0.39, 0.29) is 17.2 Å². The molecule has 1 amide bonds. The Morgan fingerprint density at radius 3 is 2.50 bits per heavy atom. The minimum atomic E-state index is -0.144. The number of fused-ring (bicyclic) bond motifs is 1.